The van der Waals surface area contributed by atoms with Gasteiger partial charge in [0.2, 0.25) is 5.88 Å². The van der Waals surface area contributed by atoms with Crippen LogP contribution in [0.1, 0.15) is 17.7 Å². The highest BCUT2D eigenvalue weighted by Gasteiger charge is 2.26. The molecule has 2 N–H and O–H groups in total. The zero-order valence-electron chi connectivity index (χ0n) is 12.6. The Kier molecular flexibility index (Phi) is 3.84. The number of nitrogens with two attached hydrogens (primary N) is 1. The van der Waals surface area contributed by atoms with Crippen molar-refractivity contribution >= 4 is 5.69 Å². The van der Waals surface area contributed by atoms with E-state index >= 15 is 0 Å². The summed E-state index contributed by atoms with van der Waals surface area (Å²) in [6.45, 7) is 4.86. The van der Waals surface area contributed by atoms with E-state index < -0.39 is 0 Å². The molecular formula is C16H22N4O. The van der Waals surface area contributed by atoms with Crippen LogP contribution in [0.3, 0.4) is 0 Å². The zero-order chi connectivity index (χ0) is 14.8. The summed E-state index contributed by atoms with van der Waals surface area (Å²) >= 11 is 0. The first-order valence-electron chi connectivity index (χ1n) is 7.35. The topological polar surface area (TPSA) is 56.3 Å². The molecule has 1 aromatic carbocycles. The van der Waals surface area contributed by atoms with Gasteiger partial charge < -0.3 is 10.5 Å². The van der Waals surface area contributed by atoms with Crippen molar-refractivity contribution in [3.05, 3.63) is 41.6 Å². The van der Waals surface area contributed by atoms with Crippen LogP contribution >= 0.6 is 0 Å². The second kappa shape index (κ2) is 5.77. The zero-order valence-corrected chi connectivity index (χ0v) is 12.6. The van der Waals surface area contributed by atoms with Crippen molar-refractivity contribution in [2.75, 3.05) is 18.8 Å². The molecule has 0 amide bonds. The molecule has 1 aromatic heterocycles. The smallest absolute Gasteiger partial charge is 0.236 e. The Morgan fingerprint density at radius 1 is 1.33 bits per heavy atom. The molecule has 0 saturated carbocycles. The maximum absolute atomic E-state index is 6.06. The highest BCUT2D eigenvalue weighted by Crippen LogP contribution is 2.27. The second-order valence-electron chi connectivity index (χ2n) is 5.68. The number of ether oxygens (including phenoxy) is 1. The van der Waals surface area contributed by atoms with Crippen LogP contribution in [0.5, 0.6) is 5.88 Å². The van der Waals surface area contributed by atoms with Crippen LogP contribution in [0.15, 0.2) is 30.3 Å². The molecule has 0 bridgehead atoms. The van der Waals surface area contributed by atoms with Crippen molar-refractivity contribution in [1.29, 1.82) is 0 Å². The molecular weight excluding hydrogens is 264 g/mol. The third-order valence-electron chi connectivity index (χ3n) is 3.97. The van der Waals surface area contributed by atoms with Crippen molar-refractivity contribution in [3.63, 3.8) is 0 Å². The predicted octanol–water partition coefficient (Wildman–Crippen LogP) is 1.96. The maximum Gasteiger partial charge on any atom is 0.236 e. The van der Waals surface area contributed by atoms with E-state index in [-0.39, 0.29) is 6.10 Å². The first kappa shape index (κ1) is 13.9. The van der Waals surface area contributed by atoms with E-state index in [0.29, 0.717) is 11.6 Å². The lowest BCUT2D eigenvalue weighted by molar-refractivity contribution is 0.184. The monoisotopic (exact) mass is 286 g/mol. The normalized spacial score (nSPS) is 19.0. The van der Waals surface area contributed by atoms with Gasteiger partial charge in [-0.25, -0.2) is 4.68 Å². The Bertz CT molecular complexity index is 608. The Hall–Kier alpha value is -2.01. The molecule has 1 atom stereocenters. The van der Waals surface area contributed by atoms with E-state index in [4.69, 9.17) is 10.5 Å². The number of likely N-dealkylation sites (tertiary alicyclic amines) is 1. The second-order valence-corrected chi connectivity index (χ2v) is 5.68. The van der Waals surface area contributed by atoms with Crippen molar-refractivity contribution in [1.82, 2.24) is 14.7 Å². The van der Waals surface area contributed by atoms with Gasteiger partial charge >= 0.3 is 0 Å². The molecule has 21 heavy (non-hydrogen) atoms. The summed E-state index contributed by atoms with van der Waals surface area (Å²) in [6.07, 6.45) is 1.21. The Morgan fingerprint density at radius 3 is 2.76 bits per heavy atom. The quantitative estimate of drug-likeness (QED) is 0.933. The third kappa shape index (κ3) is 3.03. The molecule has 1 unspecified atom stereocenters. The number of aryl methyl sites for hydroxylation is 2. The lowest BCUT2D eigenvalue weighted by Crippen LogP contribution is -2.25. The van der Waals surface area contributed by atoms with Gasteiger partial charge in [0.05, 0.1) is 5.69 Å². The van der Waals surface area contributed by atoms with E-state index in [1.165, 1.54) is 5.56 Å². The summed E-state index contributed by atoms with van der Waals surface area (Å²) in [5, 5.41) is 4.29. The molecule has 0 spiro atoms. The van der Waals surface area contributed by atoms with Gasteiger partial charge in [-0.15, -0.1) is 0 Å². The number of benzene rings is 1. The lowest BCUT2D eigenvalue weighted by Gasteiger charge is -2.17. The van der Waals surface area contributed by atoms with E-state index in [2.05, 4.69) is 34.3 Å². The number of hydrogen-bond acceptors (Lipinski definition) is 4. The molecule has 3 rings (SSSR count). The lowest BCUT2D eigenvalue weighted by atomic mass is 10.2. The summed E-state index contributed by atoms with van der Waals surface area (Å²) in [7, 11) is 1.87. The van der Waals surface area contributed by atoms with Crippen LogP contribution in [0.2, 0.25) is 0 Å². The molecule has 1 saturated heterocycles. The summed E-state index contributed by atoms with van der Waals surface area (Å²) in [6, 6.07) is 10.5. The Morgan fingerprint density at radius 2 is 2.10 bits per heavy atom. The van der Waals surface area contributed by atoms with Gasteiger partial charge in [-0.05, 0) is 18.9 Å². The van der Waals surface area contributed by atoms with E-state index in [1.54, 1.807) is 4.68 Å². The molecule has 1 aliphatic rings. The van der Waals surface area contributed by atoms with Gasteiger partial charge in [-0.3, -0.25) is 4.90 Å². The standard InChI is InChI=1S/C16H22N4O/c1-12-15(17)16(19(2)18-12)21-14-8-9-20(11-14)10-13-6-4-3-5-7-13/h3-7,14H,8-11,17H2,1-2H3. The maximum atomic E-state index is 6.06. The fourth-order valence-corrected chi connectivity index (χ4v) is 2.83. The van der Waals surface area contributed by atoms with Crippen molar-refractivity contribution in [3.8, 4) is 5.88 Å². The largest absolute Gasteiger partial charge is 0.472 e. The summed E-state index contributed by atoms with van der Waals surface area (Å²) in [5.41, 5.74) is 8.84. The van der Waals surface area contributed by atoms with Gasteiger partial charge in [0.1, 0.15) is 11.8 Å². The molecule has 5 heteroatoms. The average Bonchev–Trinajstić information content (AvgIpc) is 3.00. The van der Waals surface area contributed by atoms with Gasteiger partial charge in [-0.2, -0.15) is 5.10 Å². The van der Waals surface area contributed by atoms with Crippen molar-refractivity contribution in [2.24, 2.45) is 7.05 Å². The molecule has 5 nitrogen and oxygen atoms in total. The molecule has 1 aliphatic heterocycles. The SMILES string of the molecule is Cc1nn(C)c(OC2CCN(Cc3ccccc3)C2)c1N. The van der Waals surface area contributed by atoms with Crippen LogP contribution in [0, 0.1) is 6.92 Å². The number of rotatable bonds is 4. The minimum Gasteiger partial charge on any atom is -0.472 e. The number of hydrogen-bond donors (Lipinski definition) is 1. The summed E-state index contributed by atoms with van der Waals surface area (Å²) in [4.78, 5) is 2.42. The summed E-state index contributed by atoms with van der Waals surface area (Å²) in [5.74, 6) is 0.694. The minimum absolute atomic E-state index is 0.186. The van der Waals surface area contributed by atoms with Crippen LogP contribution in [-0.2, 0) is 13.6 Å². The van der Waals surface area contributed by atoms with Crippen LogP contribution in [-0.4, -0.2) is 33.9 Å². The van der Waals surface area contributed by atoms with Crippen LogP contribution in [0.4, 0.5) is 5.69 Å². The number of aromatic nitrogens is 2. The first-order chi connectivity index (χ1) is 10.1. The highest BCUT2D eigenvalue weighted by atomic mass is 16.5. The van der Waals surface area contributed by atoms with Gasteiger partial charge in [-0.1, -0.05) is 30.3 Å². The van der Waals surface area contributed by atoms with Crippen molar-refractivity contribution < 1.29 is 4.74 Å². The average molecular weight is 286 g/mol. The van der Waals surface area contributed by atoms with E-state index in [9.17, 15) is 0 Å². The Labute approximate surface area is 125 Å². The third-order valence-corrected chi connectivity index (χ3v) is 3.97. The van der Waals surface area contributed by atoms with Gasteiger partial charge in [0.15, 0.2) is 0 Å². The predicted molar refractivity (Wildman–Crippen MR) is 83.1 cm³/mol. The summed E-state index contributed by atoms with van der Waals surface area (Å²) < 4.78 is 7.79. The minimum atomic E-state index is 0.186. The molecule has 112 valence electrons. The number of anilines is 1. The van der Waals surface area contributed by atoms with Crippen LogP contribution in [0.25, 0.3) is 0 Å². The van der Waals surface area contributed by atoms with Crippen molar-refractivity contribution in [2.45, 2.75) is 26.0 Å². The number of nitrogens with zero attached hydrogens (tertiary/aromatic N) is 3. The Balaban J connectivity index is 1.60. The fourth-order valence-electron chi connectivity index (χ4n) is 2.83. The molecule has 0 aliphatic carbocycles. The van der Waals surface area contributed by atoms with Crippen LogP contribution < -0.4 is 10.5 Å². The number of nitrogen functional groups attached to an aromatic ring is 1. The first-order valence-corrected chi connectivity index (χ1v) is 7.35. The van der Waals surface area contributed by atoms with Gasteiger partial charge in [0.25, 0.3) is 0 Å². The molecule has 2 aromatic rings. The van der Waals surface area contributed by atoms with E-state index in [1.807, 2.05) is 20.0 Å². The highest BCUT2D eigenvalue weighted by molar-refractivity contribution is 5.52. The van der Waals surface area contributed by atoms with E-state index in [0.717, 1.165) is 31.7 Å². The molecule has 1 fully saturated rings. The molecule has 2 heterocycles. The molecule has 0 radical (unpaired) electrons. The fraction of sp³-hybridized carbons (Fsp3) is 0.438. The van der Waals surface area contributed by atoms with Gasteiger partial charge in [0, 0.05) is 26.7 Å².